The Morgan fingerprint density at radius 3 is 1.43 bits per heavy atom. The van der Waals surface area contributed by atoms with E-state index in [4.69, 9.17) is 19.1 Å². The van der Waals surface area contributed by atoms with Gasteiger partial charge in [0.15, 0.2) is 17.5 Å². The van der Waals surface area contributed by atoms with Gasteiger partial charge in [0.05, 0.1) is 5.48 Å². The predicted octanol–water partition coefficient (Wildman–Crippen LogP) is 15.8. The van der Waals surface area contributed by atoms with Crippen LogP contribution in [0.5, 0.6) is 0 Å². The van der Waals surface area contributed by atoms with Crippen LogP contribution in [0.3, 0.4) is 0 Å². The summed E-state index contributed by atoms with van der Waals surface area (Å²) < 4.78 is 35.8. The molecule has 3 heteroatoms. The number of nitrogens with zero attached hydrogens (tertiary/aromatic N) is 3. The third-order valence-electron chi connectivity index (χ3n) is 11.7. The Morgan fingerprint density at radius 2 is 0.794 bits per heavy atom. The maximum Gasteiger partial charge on any atom is 0.164 e. The van der Waals surface area contributed by atoms with E-state index in [1.54, 1.807) is 0 Å². The Hall–Kier alpha value is -8.27. The van der Waals surface area contributed by atoms with Gasteiger partial charge in [-0.25, -0.2) is 15.0 Å². The molecule has 1 heterocycles. The third kappa shape index (κ3) is 7.58. The highest BCUT2D eigenvalue weighted by Gasteiger charge is 2.16. The molecule has 0 atom stereocenters. The minimum atomic E-state index is -0.231. The van der Waals surface area contributed by atoms with Crippen LogP contribution in [0.4, 0.5) is 0 Å². The summed E-state index contributed by atoms with van der Waals surface area (Å²) >= 11 is 0. The monoisotopic (exact) mass is 807 g/mol. The van der Waals surface area contributed by atoms with Gasteiger partial charge in [0.2, 0.25) is 0 Å². The molecule has 0 radical (unpaired) electrons. The van der Waals surface area contributed by atoms with Crippen LogP contribution in [0.1, 0.15) is 11.0 Å². The van der Waals surface area contributed by atoms with Gasteiger partial charge in [0.25, 0.3) is 0 Å². The van der Waals surface area contributed by atoms with Crippen molar-refractivity contribution in [2.75, 3.05) is 0 Å². The van der Waals surface area contributed by atoms with Crippen molar-refractivity contribution in [3.05, 3.63) is 236 Å². The van der Waals surface area contributed by atoms with Crippen molar-refractivity contribution in [1.29, 1.82) is 0 Å². The first-order valence-corrected chi connectivity index (χ1v) is 21.1. The van der Waals surface area contributed by atoms with Crippen LogP contribution in [-0.2, 0) is 0 Å². The largest absolute Gasteiger partial charge is 0.208 e. The summed E-state index contributed by atoms with van der Waals surface area (Å²) in [5.41, 5.74) is 11.9. The average molecular weight is 808 g/mol. The minimum absolute atomic E-state index is 0.0232. The summed E-state index contributed by atoms with van der Waals surface area (Å²) in [4.78, 5) is 15.4. The van der Waals surface area contributed by atoms with Crippen LogP contribution in [0.25, 0.3) is 111 Å². The summed E-state index contributed by atoms with van der Waals surface area (Å²) in [7, 11) is 0. The van der Waals surface area contributed by atoms with Gasteiger partial charge in [-0.3, -0.25) is 0 Å². The van der Waals surface area contributed by atoms with Crippen molar-refractivity contribution in [2.45, 2.75) is 6.92 Å². The van der Waals surface area contributed by atoms with E-state index in [-0.39, 0.29) is 29.7 Å². The molecule has 0 aliphatic carbocycles. The van der Waals surface area contributed by atoms with Crippen LogP contribution in [0.2, 0.25) is 0 Å². The predicted molar refractivity (Wildman–Crippen MR) is 263 cm³/mol. The molecule has 0 unspecified atom stereocenters. The van der Waals surface area contributed by atoms with E-state index in [1.165, 1.54) is 32.8 Å². The van der Waals surface area contributed by atoms with Gasteiger partial charge < -0.3 is 0 Å². The normalized spacial score (nSPS) is 12.1. The molecular weight excluding hydrogens is 763 g/mol. The first-order valence-electron chi connectivity index (χ1n) is 23.1. The van der Waals surface area contributed by atoms with Crippen LogP contribution >= 0.6 is 0 Å². The van der Waals surface area contributed by atoms with Gasteiger partial charge in [0, 0.05) is 16.7 Å². The Bertz CT molecular complexity index is 3700. The first-order chi connectivity index (χ1) is 32.8. The van der Waals surface area contributed by atoms with Crippen LogP contribution in [-0.4, -0.2) is 15.0 Å². The van der Waals surface area contributed by atoms with Gasteiger partial charge >= 0.3 is 0 Å². The Morgan fingerprint density at radius 1 is 0.317 bits per heavy atom. The van der Waals surface area contributed by atoms with Crippen molar-refractivity contribution in [3.63, 3.8) is 0 Å². The van der Waals surface area contributed by atoms with Crippen molar-refractivity contribution in [1.82, 2.24) is 15.0 Å². The number of aromatic nitrogens is 3. The molecule has 63 heavy (non-hydrogen) atoms. The highest BCUT2D eigenvalue weighted by atomic mass is 15.0. The second kappa shape index (κ2) is 16.3. The second-order valence-corrected chi connectivity index (χ2v) is 15.8. The number of fused-ring (bicyclic) bond motifs is 2. The minimum Gasteiger partial charge on any atom is -0.208 e. The smallest absolute Gasteiger partial charge is 0.164 e. The molecular formula is C60H41N3. The molecule has 11 aromatic rings. The van der Waals surface area contributed by atoms with Crippen molar-refractivity contribution in [3.8, 4) is 89.8 Å². The molecule has 3 nitrogen and oxygen atoms in total. The molecule has 0 spiro atoms. The Balaban J connectivity index is 1.02. The average Bonchev–Trinajstić information content (AvgIpc) is 3.38. The molecule has 0 N–H and O–H groups in total. The van der Waals surface area contributed by atoms with E-state index in [1.807, 2.05) is 97.1 Å². The van der Waals surface area contributed by atoms with E-state index >= 15 is 0 Å². The van der Waals surface area contributed by atoms with Crippen molar-refractivity contribution in [2.24, 2.45) is 0 Å². The summed E-state index contributed by atoms with van der Waals surface area (Å²) in [5, 5.41) is 4.82. The number of rotatable bonds is 8. The maximum atomic E-state index is 9.31. The van der Waals surface area contributed by atoms with E-state index < -0.39 is 0 Å². The van der Waals surface area contributed by atoms with Gasteiger partial charge in [-0.15, -0.1) is 0 Å². The Kier molecular flexibility index (Phi) is 8.65. The number of hydrogen-bond donors (Lipinski definition) is 0. The first kappa shape index (κ1) is 33.4. The topological polar surface area (TPSA) is 38.7 Å². The van der Waals surface area contributed by atoms with Gasteiger partial charge in [0.1, 0.15) is 0 Å². The second-order valence-electron chi connectivity index (χ2n) is 15.8. The molecule has 0 fully saturated rings. The summed E-state index contributed by atoms with van der Waals surface area (Å²) in [6, 6.07) is 69.1. The lowest BCUT2D eigenvalue weighted by molar-refractivity contribution is 1.07. The third-order valence-corrected chi connectivity index (χ3v) is 11.7. The summed E-state index contributed by atoms with van der Waals surface area (Å²) in [6.45, 7) is 2.17. The molecule has 296 valence electrons. The van der Waals surface area contributed by atoms with E-state index in [0.717, 1.165) is 38.8 Å². The van der Waals surface area contributed by atoms with Crippen molar-refractivity contribution < 1.29 is 5.48 Å². The summed E-state index contributed by atoms with van der Waals surface area (Å²) in [6.07, 6.45) is 0. The summed E-state index contributed by atoms with van der Waals surface area (Å²) in [5.74, 6) is 1.42. The highest BCUT2D eigenvalue weighted by molar-refractivity contribution is 6.00. The Labute approximate surface area is 373 Å². The zero-order valence-electron chi connectivity index (χ0n) is 38.5. The fourth-order valence-electron chi connectivity index (χ4n) is 8.48. The lowest BCUT2D eigenvalue weighted by Crippen LogP contribution is -2.00. The molecule has 0 aliphatic rings. The molecule has 1 aromatic heterocycles. The van der Waals surface area contributed by atoms with Crippen LogP contribution < -0.4 is 0 Å². The quantitative estimate of drug-likeness (QED) is 0.153. The molecule has 0 amide bonds. The van der Waals surface area contributed by atoms with Crippen molar-refractivity contribution >= 4 is 21.5 Å². The maximum absolute atomic E-state index is 9.31. The van der Waals surface area contributed by atoms with Gasteiger partial charge in [-0.1, -0.05) is 194 Å². The molecule has 0 saturated heterocycles. The number of aryl methyl sites for hydroxylation is 1. The molecule has 11 rings (SSSR count). The highest BCUT2D eigenvalue weighted by Crippen LogP contribution is 2.36. The molecule has 10 aromatic carbocycles. The fourth-order valence-corrected chi connectivity index (χ4v) is 8.48. The van der Waals surface area contributed by atoms with E-state index in [2.05, 4.69) is 116 Å². The van der Waals surface area contributed by atoms with Gasteiger partial charge in [-0.05, 0) is 126 Å². The zero-order valence-corrected chi connectivity index (χ0v) is 34.5. The lowest BCUT2D eigenvalue weighted by atomic mass is 9.92. The van der Waals surface area contributed by atoms with E-state index in [9.17, 15) is 1.37 Å². The van der Waals surface area contributed by atoms with E-state index in [0.29, 0.717) is 39.7 Å². The van der Waals surface area contributed by atoms with Crippen LogP contribution in [0, 0.1) is 6.92 Å². The van der Waals surface area contributed by atoms with Crippen LogP contribution in [0.15, 0.2) is 230 Å². The molecule has 0 saturated carbocycles. The fraction of sp³-hybridized carbons (Fsp3) is 0.0167. The molecule has 0 aliphatic heterocycles. The lowest BCUT2D eigenvalue weighted by Gasteiger charge is -2.13. The number of hydrogen-bond acceptors (Lipinski definition) is 3. The standard InChI is InChI=1S/C60H41N3/c1-40-33-54(38-49-31-32-50(39-57(40)49)56-30-14-20-43-19-8-9-29-55(43)56)48-25-13-28-53(37-48)60-62-58(51-26-11-22-45(35-51)42-17-6-3-7-18-42)61-59(63-60)52-27-12-24-47(36-52)46-23-10-21-44(34-46)41-15-4-2-5-16-41/h2-39H,1H3/i10D,21D,23D,34D. The number of benzene rings is 10. The van der Waals surface area contributed by atoms with Gasteiger partial charge in [-0.2, -0.15) is 0 Å². The SMILES string of the molecule is [2H]c1c([2H])c(-c2ccccc2)c([2H])c(-c2cccc(-c3nc(-c4cccc(-c5ccccc5)c4)nc(-c4cccc(-c5cc(C)c6cc(-c7cccc8ccccc78)ccc6c5)c4)n3)c2)c1[2H]. The molecule has 0 bridgehead atoms. The zero-order chi connectivity index (χ0) is 45.6.